The number of methoxy groups -OCH3 is 1. The van der Waals surface area contributed by atoms with Crippen LogP contribution in [0.5, 0.6) is 5.75 Å². The zero-order valence-electron chi connectivity index (χ0n) is 8.12. The fraction of sp³-hybridized carbons (Fsp3) is 0.600. The molecule has 13 heavy (non-hydrogen) atoms. The average Bonchev–Trinajstić information content (AvgIpc) is 2.61. The summed E-state index contributed by atoms with van der Waals surface area (Å²) in [5.41, 5.74) is 0. The molecule has 0 saturated carbocycles. The largest absolute Gasteiger partial charge is 0.495 e. The molecule has 0 radical (unpaired) electrons. The molecule has 2 nitrogen and oxygen atoms in total. The summed E-state index contributed by atoms with van der Waals surface area (Å²) in [6.45, 7) is 2.12. The summed E-state index contributed by atoms with van der Waals surface area (Å²) in [4.78, 5) is 0.955. The third-order valence-corrected chi connectivity index (χ3v) is 3.01. The van der Waals surface area contributed by atoms with Crippen LogP contribution in [0.2, 0.25) is 0 Å². The van der Waals surface area contributed by atoms with Gasteiger partial charge in [-0.05, 0) is 17.9 Å². The smallest absolute Gasteiger partial charge is 0.135 e. The predicted molar refractivity (Wildman–Crippen MR) is 55.4 cm³/mol. The van der Waals surface area contributed by atoms with Crippen LogP contribution in [0.4, 0.5) is 0 Å². The monoisotopic (exact) mass is 200 g/mol. The second kappa shape index (κ2) is 5.25. The molecule has 1 unspecified atom stereocenters. The van der Waals surface area contributed by atoms with Gasteiger partial charge < -0.3 is 9.84 Å². The Bertz CT molecular complexity index is 245. The van der Waals surface area contributed by atoms with Crippen molar-refractivity contribution >= 4 is 11.3 Å². The first-order chi connectivity index (χ1) is 6.29. The second-order valence-electron chi connectivity index (χ2n) is 3.01. The van der Waals surface area contributed by atoms with E-state index in [0.29, 0.717) is 0 Å². The summed E-state index contributed by atoms with van der Waals surface area (Å²) in [6, 6.07) is 1.90. The van der Waals surface area contributed by atoms with E-state index in [1.807, 2.05) is 11.4 Å². The van der Waals surface area contributed by atoms with E-state index in [4.69, 9.17) is 4.74 Å². The maximum absolute atomic E-state index is 9.78. The van der Waals surface area contributed by atoms with E-state index in [1.165, 1.54) is 0 Å². The Morgan fingerprint density at radius 1 is 1.62 bits per heavy atom. The van der Waals surface area contributed by atoms with Crippen molar-refractivity contribution in [2.75, 3.05) is 7.11 Å². The van der Waals surface area contributed by atoms with Gasteiger partial charge in [0.25, 0.3) is 0 Å². The zero-order chi connectivity index (χ0) is 9.68. The van der Waals surface area contributed by atoms with Crippen LogP contribution in [0, 0.1) is 0 Å². The van der Waals surface area contributed by atoms with Gasteiger partial charge >= 0.3 is 0 Å². The highest BCUT2D eigenvalue weighted by molar-refractivity contribution is 7.10. The molecular formula is C10H16O2S. The molecule has 74 valence electrons. The Kier molecular flexibility index (Phi) is 4.25. The van der Waals surface area contributed by atoms with Gasteiger partial charge in [0.2, 0.25) is 0 Å². The summed E-state index contributed by atoms with van der Waals surface area (Å²) < 4.78 is 5.14. The lowest BCUT2D eigenvalue weighted by Gasteiger charge is -2.09. The average molecular weight is 200 g/mol. The normalized spacial score (nSPS) is 12.8. The Morgan fingerprint density at radius 3 is 3.00 bits per heavy atom. The molecule has 0 aliphatic carbocycles. The molecule has 3 heteroatoms. The summed E-state index contributed by atoms with van der Waals surface area (Å²) in [7, 11) is 1.64. The van der Waals surface area contributed by atoms with Gasteiger partial charge in [0.05, 0.1) is 18.1 Å². The van der Waals surface area contributed by atoms with Crippen LogP contribution in [0.3, 0.4) is 0 Å². The molecule has 1 atom stereocenters. The van der Waals surface area contributed by atoms with Crippen LogP contribution in [0.25, 0.3) is 0 Å². The van der Waals surface area contributed by atoms with Crippen LogP contribution >= 0.6 is 11.3 Å². The van der Waals surface area contributed by atoms with Crippen molar-refractivity contribution in [3.8, 4) is 5.75 Å². The van der Waals surface area contributed by atoms with Crippen molar-refractivity contribution in [1.29, 1.82) is 0 Å². The maximum Gasteiger partial charge on any atom is 0.135 e. The molecule has 0 amide bonds. The summed E-state index contributed by atoms with van der Waals surface area (Å²) in [5, 5.41) is 11.7. The van der Waals surface area contributed by atoms with Crippen molar-refractivity contribution in [2.24, 2.45) is 0 Å². The van der Waals surface area contributed by atoms with Crippen LogP contribution in [-0.2, 0) is 0 Å². The minimum absolute atomic E-state index is 0.352. The first-order valence-electron chi connectivity index (χ1n) is 4.59. The van der Waals surface area contributed by atoms with Crippen molar-refractivity contribution in [3.63, 3.8) is 0 Å². The number of hydrogen-bond donors (Lipinski definition) is 1. The summed E-state index contributed by atoms with van der Waals surface area (Å²) in [5.74, 6) is 0.814. The standard InChI is InChI=1S/C10H16O2S/c1-3-4-5-8(11)10-9(12-2)6-7-13-10/h6-8,11H,3-5H2,1-2H3. The molecule has 0 aromatic carbocycles. The number of aliphatic hydroxyl groups excluding tert-OH is 1. The van der Waals surface area contributed by atoms with Crippen molar-refractivity contribution in [2.45, 2.75) is 32.3 Å². The first kappa shape index (κ1) is 10.5. The number of unbranched alkanes of at least 4 members (excludes halogenated alkanes) is 1. The highest BCUT2D eigenvalue weighted by atomic mass is 32.1. The number of thiophene rings is 1. The minimum Gasteiger partial charge on any atom is -0.495 e. The molecule has 1 heterocycles. The Labute approximate surface area is 83.2 Å². The molecule has 0 fully saturated rings. The van der Waals surface area contributed by atoms with Gasteiger partial charge in [0.1, 0.15) is 5.75 Å². The van der Waals surface area contributed by atoms with Gasteiger partial charge in [-0.1, -0.05) is 19.8 Å². The Hall–Kier alpha value is -0.540. The third kappa shape index (κ3) is 2.71. The quantitative estimate of drug-likeness (QED) is 0.791. The van der Waals surface area contributed by atoms with E-state index < -0.39 is 0 Å². The topological polar surface area (TPSA) is 29.5 Å². The lowest BCUT2D eigenvalue weighted by molar-refractivity contribution is 0.164. The third-order valence-electron chi connectivity index (χ3n) is 2.01. The molecule has 0 spiro atoms. The SMILES string of the molecule is CCCCC(O)c1sccc1OC. The van der Waals surface area contributed by atoms with Crippen LogP contribution in [-0.4, -0.2) is 12.2 Å². The predicted octanol–water partition coefficient (Wildman–Crippen LogP) is 2.98. The number of rotatable bonds is 5. The summed E-state index contributed by atoms with van der Waals surface area (Å²) in [6.07, 6.45) is 2.65. The molecule has 0 aliphatic heterocycles. The van der Waals surface area contributed by atoms with Gasteiger partial charge in [0, 0.05) is 0 Å². The van der Waals surface area contributed by atoms with Gasteiger partial charge in [-0.15, -0.1) is 11.3 Å². The van der Waals surface area contributed by atoms with E-state index >= 15 is 0 Å². The molecule has 0 aliphatic rings. The fourth-order valence-electron chi connectivity index (χ4n) is 1.25. The number of aliphatic hydroxyl groups is 1. The lowest BCUT2D eigenvalue weighted by atomic mass is 10.1. The van der Waals surface area contributed by atoms with Gasteiger partial charge in [-0.2, -0.15) is 0 Å². The van der Waals surface area contributed by atoms with Crippen LogP contribution in [0.1, 0.15) is 37.2 Å². The number of hydrogen-bond acceptors (Lipinski definition) is 3. The second-order valence-corrected chi connectivity index (χ2v) is 3.96. The molecule has 0 bridgehead atoms. The fourth-order valence-corrected chi connectivity index (χ4v) is 2.13. The molecule has 1 N–H and O–H groups in total. The van der Waals surface area contributed by atoms with E-state index in [1.54, 1.807) is 18.4 Å². The van der Waals surface area contributed by atoms with Gasteiger partial charge in [-0.25, -0.2) is 0 Å². The molecule has 1 rings (SSSR count). The van der Waals surface area contributed by atoms with Gasteiger partial charge in [-0.3, -0.25) is 0 Å². The van der Waals surface area contributed by atoms with E-state index in [2.05, 4.69) is 6.92 Å². The van der Waals surface area contributed by atoms with E-state index in [9.17, 15) is 5.11 Å². The number of ether oxygens (including phenoxy) is 1. The van der Waals surface area contributed by atoms with E-state index in [0.717, 1.165) is 29.9 Å². The van der Waals surface area contributed by atoms with Crippen LogP contribution in [0.15, 0.2) is 11.4 Å². The van der Waals surface area contributed by atoms with Gasteiger partial charge in [0.15, 0.2) is 0 Å². The molecule has 1 aromatic rings. The molecular weight excluding hydrogens is 184 g/mol. The van der Waals surface area contributed by atoms with E-state index in [-0.39, 0.29) is 6.10 Å². The minimum atomic E-state index is -0.352. The van der Waals surface area contributed by atoms with Crippen LogP contribution < -0.4 is 4.74 Å². The zero-order valence-corrected chi connectivity index (χ0v) is 8.93. The first-order valence-corrected chi connectivity index (χ1v) is 5.47. The molecule has 1 aromatic heterocycles. The van der Waals surface area contributed by atoms with Crippen molar-refractivity contribution in [1.82, 2.24) is 0 Å². The summed E-state index contributed by atoms with van der Waals surface area (Å²) >= 11 is 1.56. The maximum atomic E-state index is 9.78. The highest BCUT2D eigenvalue weighted by Crippen LogP contribution is 2.33. The lowest BCUT2D eigenvalue weighted by Crippen LogP contribution is -1.96. The van der Waals surface area contributed by atoms with Crippen molar-refractivity contribution in [3.05, 3.63) is 16.3 Å². The highest BCUT2D eigenvalue weighted by Gasteiger charge is 2.13. The molecule has 0 saturated heterocycles. The Balaban J connectivity index is 2.59. The van der Waals surface area contributed by atoms with Crippen molar-refractivity contribution < 1.29 is 9.84 Å². The Morgan fingerprint density at radius 2 is 2.38 bits per heavy atom.